The summed E-state index contributed by atoms with van der Waals surface area (Å²) in [5.41, 5.74) is 4.23. The van der Waals surface area contributed by atoms with Crippen molar-refractivity contribution in [2.24, 2.45) is 0 Å². The molecule has 0 amide bonds. The van der Waals surface area contributed by atoms with Gasteiger partial charge in [-0.1, -0.05) is 48.0 Å². The lowest BCUT2D eigenvalue weighted by Gasteiger charge is -2.34. The van der Waals surface area contributed by atoms with Crippen LogP contribution in [0.15, 0.2) is 104 Å². The van der Waals surface area contributed by atoms with Crippen LogP contribution in [0, 0.1) is 0 Å². The number of benzene rings is 2. The molecule has 4 aromatic rings. The van der Waals surface area contributed by atoms with E-state index < -0.39 is 0 Å². The summed E-state index contributed by atoms with van der Waals surface area (Å²) in [4.78, 5) is 11.0. The maximum Gasteiger partial charge on any atom is 0.0874 e. The number of rotatable bonds is 5. The highest BCUT2D eigenvalue weighted by molar-refractivity contribution is 6.30. The van der Waals surface area contributed by atoms with Crippen molar-refractivity contribution in [1.29, 1.82) is 0 Å². The van der Waals surface area contributed by atoms with Crippen molar-refractivity contribution in [3.8, 4) is 0 Å². The van der Waals surface area contributed by atoms with Crippen molar-refractivity contribution in [2.75, 3.05) is 4.90 Å². The number of pyridine rings is 2. The quantitative estimate of drug-likeness (QED) is 0.427. The van der Waals surface area contributed by atoms with E-state index in [1.807, 2.05) is 60.9 Å². The van der Waals surface area contributed by atoms with Crippen LogP contribution in [0.4, 0.5) is 11.4 Å². The standard InChI is InChI=1S/C23H18ClN3/c24-20-9-4-12-22(15-20)27(21-10-2-1-3-11-21)23(18-7-5-13-25-16-18)19-8-6-14-26-17-19/h1-17,23H. The van der Waals surface area contributed by atoms with Crippen molar-refractivity contribution < 1.29 is 0 Å². The van der Waals surface area contributed by atoms with Crippen LogP contribution in [0.5, 0.6) is 0 Å². The zero-order valence-corrected chi connectivity index (χ0v) is 15.4. The third kappa shape index (κ3) is 3.83. The molecular formula is C23H18ClN3. The summed E-state index contributed by atoms with van der Waals surface area (Å²) in [6.07, 6.45) is 7.38. The molecule has 132 valence electrons. The molecule has 0 N–H and O–H groups in total. The second-order valence-corrected chi connectivity index (χ2v) is 6.60. The highest BCUT2D eigenvalue weighted by Gasteiger charge is 2.25. The molecule has 2 heterocycles. The van der Waals surface area contributed by atoms with Gasteiger partial charge in [0.05, 0.1) is 6.04 Å². The molecule has 0 fully saturated rings. The van der Waals surface area contributed by atoms with E-state index in [9.17, 15) is 0 Å². The van der Waals surface area contributed by atoms with E-state index in [2.05, 4.69) is 45.2 Å². The Morgan fingerprint density at radius 2 is 1.30 bits per heavy atom. The molecule has 2 aromatic carbocycles. The van der Waals surface area contributed by atoms with Gasteiger partial charge in [-0.2, -0.15) is 0 Å². The van der Waals surface area contributed by atoms with E-state index in [0.29, 0.717) is 5.02 Å². The molecule has 0 aliphatic carbocycles. The molecule has 0 saturated heterocycles. The Morgan fingerprint density at radius 3 is 1.85 bits per heavy atom. The van der Waals surface area contributed by atoms with Gasteiger partial charge >= 0.3 is 0 Å². The summed E-state index contributed by atoms with van der Waals surface area (Å²) >= 11 is 6.32. The van der Waals surface area contributed by atoms with Crippen molar-refractivity contribution >= 4 is 23.0 Å². The lowest BCUT2D eigenvalue weighted by Crippen LogP contribution is -2.25. The van der Waals surface area contributed by atoms with Gasteiger partial charge in [0.15, 0.2) is 0 Å². The van der Waals surface area contributed by atoms with Gasteiger partial charge in [0.25, 0.3) is 0 Å². The molecule has 3 nitrogen and oxygen atoms in total. The first-order valence-corrected chi connectivity index (χ1v) is 9.10. The van der Waals surface area contributed by atoms with Crippen LogP contribution < -0.4 is 4.90 Å². The summed E-state index contributed by atoms with van der Waals surface area (Å²) in [6.45, 7) is 0. The molecular weight excluding hydrogens is 354 g/mol. The first-order valence-electron chi connectivity index (χ1n) is 8.72. The van der Waals surface area contributed by atoms with E-state index in [4.69, 9.17) is 11.6 Å². The average molecular weight is 372 g/mol. The number of para-hydroxylation sites is 1. The highest BCUT2D eigenvalue weighted by atomic mass is 35.5. The minimum absolute atomic E-state index is 0.0896. The molecule has 0 bridgehead atoms. The van der Waals surface area contributed by atoms with E-state index in [-0.39, 0.29) is 6.04 Å². The van der Waals surface area contributed by atoms with E-state index in [1.54, 1.807) is 12.4 Å². The second kappa shape index (κ2) is 8.02. The van der Waals surface area contributed by atoms with Crippen LogP contribution in [0.25, 0.3) is 0 Å². The molecule has 27 heavy (non-hydrogen) atoms. The molecule has 0 atom stereocenters. The van der Waals surface area contributed by atoms with E-state index >= 15 is 0 Å². The zero-order valence-electron chi connectivity index (χ0n) is 14.6. The summed E-state index contributed by atoms with van der Waals surface area (Å²) in [6, 6.07) is 26.2. The van der Waals surface area contributed by atoms with Gasteiger partial charge in [-0.15, -0.1) is 0 Å². The number of hydrogen-bond donors (Lipinski definition) is 0. The van der Waals surface area contributed by atoms with Gasteiger partial charge in [-0.05, 0) is 53.6 Å². The number of halogens is 1. The molecule has 0 aliphatic heterocycles. The third-order valence-corrected chi connectivity index (χ3v) is 4.61. The van der Waals surface area contributed by atoms with Gasteiger partial charge in [0.2, 0.25) is 0 Å². The van der Waals surface area contributed by atoms with Crippen LogP contribution in [0.1, 0.15) is 17.2 Å². The normalized spacial score (nSPS) is 10.7. The van der Waals surface area contributed by atoms with Crippen molar-refractivity contribution in [1.82, 2.24) is 9.97 Å². The minimum atomic E-state index is -0.0896. The van der Waals surface area contributed by atoms with Crippen LogP contribution >= 0.6 is 11.6 Å². The maximum absolute atomic E-state index is 6.32. The first-order chi connectivity index (χ1) is 13.3. The topological polar surface area (TPSA) is 29.0 Å². The summed E-state index contributed by atoms with van der Waals surface area (Å²) in [5.74, 6) is 0. The van der Waals surface area contributed by atoms with Gasteiger partial charge in [0, 0.05) is 41.2 Å². The fraction of sp³-hybridized carbons (Fsp3) is 0.0435. The van der Waals surface area contributed by atoms with Crippen molar-refractivity contribution in [3.05, 3.63) is 120 Å². The van der Waals surface area contributed by atoms with Gasteiger partial charge in [0.1, 0.15) is 0 Å². The minimum Gasteiger partial charge on any atom is -0.330 e. The molecule has 0 radical (unpaired) electrons. The lowest BCUT2D eigenvalue weighted by atomic mass is 9.98. The molecule has 0 aliphatic rings. The zero-order chi connectivity index (χ0) is 18.5. The van der Waals surface area contributed by atoms with Gasteiger partial charge in [-0.3, -0.25) is 9.97 Å². The Morgan fingerprint density at radius 1 is 0.667 bits per heavy atom. The van der Waals surface area contributed by atoms with E-state index in [0.717, 1.165) is 22.5 Å². The molecule has 0 saturated carbocycles. The molecule has 2 aromatic heterocycles. The SMILES string of the molecule is Clc1cccc(N(c2ccccc2)C(c2cccnc2)c2cccnc2)c1. The number of aromatic nitrogens is 2. The first kappa shape index (κ1) is 17.3. The fourth-order valence-electron chi connectivity index (χ4n) is 3.23. The summed E-state index contributed by atoms with van der Waals surface area (Å²) < 4.78 is 0. The van der Waals surface area contributed by atoms with Crippen LogP contribution in [0.3, 0.4) is 0 Å². The van der Waals surface area contributed by atoms with Gasteiger partial charge in [-0.25, -0.2) is 0 Å². The molecule has 4 rings (SSSR count). The Balaban J connectivity index is 1.94. The predicted molar refractivity (Wildman–Crippen MR) is 110 cm³/mol. The second-order valence-electron chi connectivity index (χ2n) is 6.16. The number of hydrogen-bond acceptors (Lipinski definition) is 3. The van der Waals surface area contributed by atoms with Gasteiger partial charge < -0.3 is 4.90 Å². The van der Waals surface area contributed by atoms with E-state index in [1.165, 1.54) is 0 Å². The Hall–Kier alpha value is -3.17. The van der Waals surface area contributed by atoms with Crippen LogP contribution in [-0.4, -0.2) is 9.97 Å². The number of anilines is 2. The summed E-state index contributed by atoms with van der Waals surface area (Å²) in [7, 11) is 0. The Bertz CT molecular complexity index is 952. The lowest BCUT2D eigenvalue weighted by molar-refractivity contribution is 0.808. The Kier molecular flexibility index (Phi) is 5.13. The maximum atomic E-state index is 6.32. The highest BCUT2D eigenvalue weighted by Crippen LogP contribution is 2.39. The van der Waals surface area contributed by atoms with Crippen LogP contribution in [-0.2, 0) is 0 Å². The predicted octanol–water partition coefficient (Wildman–Crippen LogP) is 6.06. The van der Waals surface area contributed by atoms with Crippen molar-refractivity contribution in [2.45, 2.75) is 6.04 Å². The molecule has 0 spiro atoms. The van der Waals surface area contributed by atoms with Crippen molar-refractivity contribution in [3.63, 3.8) is 0 Å². The Labute approximate surface area is 163 Å². The number of nitrogens with zero attached hydrogens (tertiary/aromatic N) is 3. The largest absolute Gasteiger partial charge is 0.330 e. The third-order valence-electron chi connectivity index (χ3n) is 4.38. The average Bonchev–Trinajstić information content (AvgIpc) is 2.74. The monoisotopic (exact) mass is 371 g/mol. The molecule has 0 unspecified atom stereocenters. The smallest absolute Gasteiger partial charge is 0.0874 e. The van der Waals surface area contributed by atoms with Crippen LogP contribution in [0.2, 0.25) is 5.02 Å². The molecule has 4 heteroatoms. The fourth-order valence-corrected chi connectivity index (χ4v) is 3.41. The summed E-state index contributed by atoms with van der Waals surface area (Å²) in [5, 5.41) is 0.699.